The Bertz CT molecular complexity index is 810. The first-order valence-corrected chi connectivity index (χ1v) is 8.97. The van der Waals surface area contributed by atoms with Gasteiger partial charge in [-0.2, -0.15) is 0 Å². The molecule has 0 saturated carbocycles. The largest absolute Gasteiger partial charge is 0.469 e. The molecule has 0 fully saturated rings. The highest BCUT2D eigenvalue weighted by atomic mass is 16.5. The Morgan fingerprint density at radius 1 is 0.962 bits per heavy atom. The van der Waals surface area contributed by atoms with Gasteiger partial charge in [-0.15, -0.1) is 0 Å². The van der Waals surface area contributed by atoms with Gasteiger partial charge in [-0.05, 0) is 60.4 Å². The van der Waals surface area contributed by atoms with E-state index >= 15 is 0 Å². The van der Waals surface area contributed by atoms with Crippen LogP contribution in [0.2, 0.25) is 0 Å². The fourth-order valence-electron chi connectivity index (χ4n) is 3.72. The summed E-state index contributed by atoms with van der Waals surface area (Å²) >= 11 is 0. The van der Waals surface area contributed by atoms with Crippen LogP contribution in [-0.4, -0.2) is 26.2 Å². The maximum atomic E-state index is 12.4. The SMILES string of the molecule is COC(=O)c1ccccc1C[C@@H](Cc1ccc2c(c1)CCC2)C(=O)OC. The first kappa shape index (κ1) is 18.2. The lowest BCUT2D eigenvalue weighted by atomic mass is 9.89. The van der Waals surface area contributed by atoms with Crippen LogP contribution in [0, 0.1) is 5.92 Å². The number of carbonyl (C=O) groups excluding carboxylic acids is 2. The van der Waals surface area contributed by atoms with Gasteiger partial charge in [-0.25, -0.2) is 4.79 Å². The van der Waals surface area contributed by atoms with E-state index in [1.807, 2.05) is 12.1 Å². The molecule has 1 aliphatic carbocycles. The minimum absolute atomic E-state index is 0.259. The molecule has 0 aromatic heterocycles. The smallest absolute Gasteiger partial charge is 0.338 e. The molecule has 2 aromatic carbocycles. The molecule has 0 bridgehead atoms. The van der Waals surface area contributed by atoms with Gasteiger partial charge in [0.25, 0.3) is 0 Å². The lowest BCUT2D eigenvalue weighted by molar-refractivity contribution is -0.145. The van der Waals surface area contributed by atoms with Crippen molar-refractivity contribution in [2.45, 2.75) is 32.1 Å². The van der Waals surface area contributed by atoms with Crippen molar-refractivity contribution in [1.29, 1.82) is 0 Å². The third kappa shape index (κ3) is 3.96. The highest BCUT2D eigenvalue weighted by Crippen LogP contribution is 2.25. The summed E-state index contributed by atoms with van der Waals surface area (Å²) < 4.78 is 9.88. The molecule has 4 nitrogen and oxygen atoms in total. The van der Waals surface area contributed by atoms with Crippen molar-refractivity contribution >= 4 is 11.9 Å². The van der Waals surface area contributed by atoms with Gasteiger partial charge < -0.3 is 9.47 Å². The van der Waals surface area contributed by atoms with Crippen LogP contribution in [0.3, 0.4) is 0 Å². The monoisotopic (exact) mass is 352 g/mol. The average molecular weight is 352 g/mol. The molecular weight excluding hydrogens is 328 g/mol. The number of esters is 2. The topological polar surface area (TPSA) is 52.6 Å². The van der Waals surface area contributed by atoms with Crippen molar-refractivity contribution in [2.24, 2.45) is 5.92 Å². The maximum Gasteiger partial charge on any atom is 0.338 e. The van der Waals surface area contributed by atoms with E-state index in [0.29, 0.717) is 18.4 Å². The molecular formula is C22H24O4. The second-order valence-corrected chi connectivity index (χ2v) is 6.73. The van der Waals surface area contributed by atoms with Gasteiger partial charge in [0.2, 0.25) is 0 Å². The first-order chi connectivity index (χ1) is 12.6. The Morgan fingerprint density at radius 2 is 1.73 bits per heavy atom. The molecule has 0 aliphatic heterocycles. The summed E-state index contributed by atoms with van der Waals surface area (Å²) in [5, 5.41) is 0. The van der Waals surface area contributed by atoms with E-state index in [2.05, 4.69) is 18.2 Å². The molecule has 1 atom stereocenters. The highest BCUT2D eigenvalue weighted by Gasteiger charge is 2.24. The number of ether oxygens (including phenoxy) is 2. The van der Waals surface area contributed by atoms with E-state index in [0.717, 1.165) is 24.0 Å². The van der Waals surface area contributed by atoms with Gasteiger partial charge in [-0.1, -0.05) is 36.4 Å². The molecule has 2 aromatic rings. The molecule has 0 unspecified atom stereocenters. The summed E-state index contributed by atoms with van der Waals surface area (Å²) in [4.78, 5) is 24.4. The maximum absolute atomic E-state index is 12.4. The Morgan fingerprint density at radius 3 is 2.50 bits per heavy atom. The zero-order chi connectivity index (χ0) is 18.5. The number of methoxy groups -OCH3 is 2. The van der Waals surface area contributed by atoms with Gasteiger partial charge in [0.05, 0.1) is 25.7 Å². The first-order valence-electron chi connectivity index (χ1n) is 8.97. The number of hydrogen-bond acceptors (Lipinski definition) is 4. The zero-order valence-corrected chi connectivity index (χ0v) is 15.3. The minimum atomic E-state index is -0.387. The standard InChI is InChI=1S/C22H24O4/c1-25-21(23)19(13-15-10-11-16-7-5-8-17(16)12-15)14-18-6-3-4-9-20(18)22(24)26-2/h3-4,6,9-12,19H,5,7-8,13-14H2,1-2H3/t19-/m1/s1. The predicted molar refractivity (Wildman–Crippen MR) is 99.2 cm³/mol. The third-order valence-corrected chi connectivity index (χ3v) is 5.07. The van der Waals surface area contributed by atoms with E-state index in [1.165, 1.54) is 31.8 Å². The number of hydrogen-bond donors (Lipinski definition) is 0. The lowest BCUT2D eigenvalue weighted by Crippen LogP contribution is -2.22. The second-order valence-electron chi connectivity index (χ2n) is 6.73. The zero-order valence-electron chi connectivity index (χ0n) is 15.3. The van der Waals surface area contributed by atoms with Crippen LogP contribution in [0.5, 0.6) is 0 Å². The highest BCUT2D eigenvalue weighted by molar-refractivity contribution is 5.91. The van der Waals surface area contributed by atoms with Crippen molar-refractivity contribution in [3.05, 3.63) is 70.3 Å². The van der Waals surface area contributed by atoms with Crippen molar-refractivity contribution in [1.82, 2.24) is 0 Å². The Balaban J connectivity index is 1.83. The summed E-state index contributed by atoms with van der Waals surface area (Å²) in [7, 11) is 2.77. The van der Waals surface area contributed by atoms with E-state index in [9.17, 15) is 9.59 Å². The van der Waals surface area contributed by atoms with Crippen molar-refractivity contribution in [2.75, 3.05) is 14.2 Å². The van der Waals surface area contributed by atoms with Crippen molar-refractivity contribution in [3.8, 4) is 0 Å². The summed E-state index contributed by atoms with van der Waals surface area (Å²) in [6.07, 6.45) is 4.48. The molecule has 0 N–H and O–H groups in total. The van der Waals surface area contributed by atoms with Gasteiger partial charge in [0.15, 0.2) is 0 Å². The molecule has 26 heavy (non-hydrogen) atoms. The third-order valence-electron chi connectivity index (χ3n) is 5.07. The fraction of sp³-hybridized carbons (Fsp3) is 0.364. The van der Waals surface area contributed by atoms with Crippen LogP contribution in [0.4, 0.5) is 0 Å². The summed E-state index contributed by atoms with van der Waals surface area (Å²) in [6.45, 7) is 0. The van der Waals surface area contributed by atoms with Gasteiger partial charge in [0, 0.05) is 0 Å². The average Bonchev–Trinajstić information content (AvgIpc) is 3.14. The number of benzene rings is 2. The summed E-state index contributed by atoms with van der Waals surface area (Å²) in [5.41, 5.74) is 5.24. The molecule has 3 rings (SSSR count). The number of carbonyl (C=O) groups is 2. The molecule has 0 radical (unpaired) electrons. The molecule has 0 saturated heterocycles. The quantitative estimate of drug-likeness (QED) is 0.746. The molecule has 136 valence electrons. The lowest BCUT2D eigenvalue weighted by Gasteiger charge is -2.17. The van der Waals surface area contributed by atoms with Crippen LogP contribution in [-0.2, 0) is 40.0 Å². The Kier molecular flexibility index (Phi) is 5.71. The summed E-state index contributed by atoms with van der Waals surface area (Å²) in [6, 6.07) is 13.7. The Labute approximate surface area is 154 Å². The second kappa shape index (κ2) is 8.17. The van der Waals surface area contributed by atoms with Gasteiger partial charge in [-0.3, -0.25) is 4.79 Å². The van der Waals surface area contributed by atoms with Crippen molar-refractivity contribution < 1.29 is 19.1 Å². The number of rotatable bonds is 6. The van der Waals surface area contributed by atoms with E-state index < -0.39 is 0 Å². The van der Waals surface area contributed by atoms with E-state index in [4.69, 9.17) is 9.47 Å². The summed E-state index contributed by atoms with van der Waals surface area (Å²) in [5.74, 6) is -0.989. The van der Waals surface area contributed by atoms with Crippen LogP contribution >= 0.6 is 0 Å². The molecule has 0 heterocycles. The predicted octanol–water partition coefficient (Wildman–Crippen LogP) is 3.54. The van der Waals surface area contributed by atoms with Crippen molar-refractivity contribution in [3.63, 3.8) is 0 Å². The van der Waals surface area contributed by atoms with E-state index in [1.54, 1.807) is 12.1 Å². The number of fused-ring (bicyclic) bond motifs is 1. The van der Waals surface area contributed by atoms with Crippen LogP contribution in [0.25, 0.3) is 0 Å². The number of aryl methyl sites for hydroxylation is 2. The molecule has 4 heteroatoms. The normalized spacial score (nSPS) is 13.8. The minimum Gasteiger partial charge on any atom is -0.469 e. The van der Waals surface area contributed by atoms with Crippen LogP contribution in [0.1, 0.15) is 39.0 Å². The molecule has 0 amide bonds. The fourth-order valence-corrected chi connectivity index (χ4v) is 3.72. The van der Waals surface area contributed by atoms with E-state index in [-0.39, 0.29) is 17.9 Å². The Hall–Kier alpha value is -2.62. The van der Waals surface area contributed by atoms with Gasteiger partial charge >= 0.3 is 11.9 Å². The van der Waals surface area contributed by atoms with Gasteiger partial charge in [0.1, 0.15) is 0 Å². The van der Waals surface area contributed by atoms with Crippen LogP contribution < -0.4 is 0 Å². The van der Waals surface area contributed by atoms with Crippen LogP contribution in [0.15, 0.2) is 42.5 Å². The molecule has 0 spiro atoms. The molecule has 1 aliphatic rings.